The molecule has 7 nitrogen and oxygen atoms in total. The number of aliphatic hydroxyl groups is 1. The number of nitrogens with one attached hydrogen (secondary N) is 2. The van der Waals surface area contributed by atoms with E-state index in [0.717, 1.165) is 6.92 Å². The fraction of sp³-hybridized carbons (Fsp3) is 0.227. The molecular weight excluding hydrogens is 425 g/mol. The van der Waals surface area contributed by atoms with Crippen LogP contribution in [-0.2, 0) is 4.79 Å². The van der Waals surface area contributed by atoms with Crippen LogP contribution in [0.3, 0.4) is 0 Å². The van der Waals surface area contributed by atoms with E-state index in [4.69, 9.17) is 0 Å². The van der Waals surface area contributed by atoms with Gasteiger partial charge in [0.25, 0.3) is 0 Å². The molecule has 2 aromatic carbocycles. The number of urea groups is 1. The van der Waals surface area contributed by atoms with Crippen LogP contribution in [0.1, 0.15) is 18.5 Å². The summed E-state index contributed by atoms with van der Waals surface area (Å²) in [6, 6.07) is 14.8. The summed E-state index contributed by atoms with van der Waals surface area (Å²) in [4.78, 5) is 24.6. The molecule has 0 spiro atoms. The molecule has 32 heavy (non-hydrogen) atoms. The number of Topliss-reactive ketones (excluding diaryl/α,β-unsaturated/α-hetero) is 1. The molecule has 2 amide bonds. The van der Waals surface area contributed by atoms with Gasteiger partial charge in [-0.25, -0.2) is 9.48 Å². The average Bonchev–Trinajstić information content (AvgIpc) is 3.19. The lowest BCUT2D eigenvalue weighted by molar-refractivity contribution is -0.290. The zero-order valence-corrected chi connectivity index (χ0v) is 16.8. The highest BCUT2D eigenvalue weighted by Crippen LogP contribution is 2.44. The molecule has 0 radical (unpaired) electrons. The van der Waals surface area contributed by atoms with E-state index < -0.39 is 35.7 Å². The van der Waals surface area contributed by atoms with Gasteiger partial charge in [-0.05, 0) is 19.1 Å². The van der Waals surface area contributed by atoms with E-state index in [2.05, 4.69) is 10.4 Å². The Bertz CT molecular complexity index is 1150. The molecule has 3 aromatic rings. The van der Waals surface area contributed by atoms with E-state index in [0.29, 0.717) is 11.3 Å². The number of alkyl halides is 3. The maximum atomic E-state index is 13.8. The van der Waals surface area contributed by atoms with E-state index >= 15 is 0 Å². The van der Waals surface area contributed by atoms with Gasteiger partial charge in [0.1, 0.15) is 5.78 Å². The molecule has 4 rings (SSSR count). The van der Waals surface area contributed by atoms with Crippen molar-refractivity contribution in [3.05, 3.63) is 72.4 Å². The number of carbonyl (C=O) groups is 2. The van der Waals surface area contributed by atoms with E-state index in [9.17, 15) is 27.9 Å². The van der Waals surface area contributed by atoms with Crippen molar-refractivity contribution < 1.29 is 27.9 Å². The van der Waals surface area contributed by atoms with Crippen LogP contribution in [0.4, 0.5) is 18.0 Å². The van der Waals surface area contributed by atoms with Crippen molar-refractivity contribution in [1.29, 1.82) is 0 Å². The fourth-order valence-corrected chi connectivity index (χ4v) is 3.93. The molecular formula is C22H19F3N4O3. The van der Waals surface area contributed by atoms with Gasteiger partial charge in [-0.1, -0.05) is 48.5 Å². The lowest BCUT2D eigenvalue weighted by Crippen LogP contribution is -2.72. The highest BCUT2D eigenvalue weighted by atomic mass is 19.4. The Morgan fingerprint density at radius 2 is 1.69 bits per heavy atom. The van der Waals surface area contributed by atoms with E-state index in [1.807, 2.05) is 0 Å². The Balaban J connectivity index is 1.93. The van der Waals surface area contributed by atoms with Gasteiger partial charge in [0, 0.05) is 17.3 Å². The zero-order chi connectivity index (χ0) is 23.1. The number of hydrogen-bond donors (Lipinski definition) is 3. The number of nitrogens with zero attached hydrogens (tertiary/aromatic N) is 2. The first kappa shape index (κ1) is 21.6. The Morgan fingerprint density at radius 3 is 2.25 bits per heavy atom. The summed E-state index contributed by atoms with van der Waals surface area (Å²) in [7, 11) is 0. The Kier molecular flexibility index (Phi) is 5.25. The summed E-state index contributed by atoms with van der Waals surface area (Å²) >= 11 is 0. The first-order chi connectivity index (χ1) is 15.1. The van der Waals surface area contributed by atoms with Gasteiger partial charge in [-0.2, -0.15) is 18.3 Å². The summed E-state index contributed by atoms with van der Waals surface area (Å²) < 4.78 is 42.9. The van der Waals surface area contributed by atoms with Crippen LogP contribution < -0.4 is 10.6 Å². The van der Waals surface area contributed by atoms with Crippen LogP contribution in [0.5, 0.6) is 0 Å². The SMILES string of the molecule is CC(=O)[C@@H]1[C@@H](c2cn(-c3ccccc3)nc2-c2ccccc2)NC(=O)N[C@@]1(O)C(F)(F)F. The maximum absolute atomic E-state index is 13.8. The molecule has 0 aliphatic carbocycles. The first-order valence-electron chi connectivity index (χ1n) is 9.70. The quantitative estimate of drug-likeness (QED) is 0.575. The second kappa shape index (κ2) is 7.79. The molecule has 2 heterocycles. The number of ketones is 1. The minimum atomic E-state index is -5.29. The molecule has 1 aromatic heterocycles. The molecule has 1 saturated heterocycles. The van der Waals surface area contributed by atoms with E-state index in [1.54, 1.807) is 60.7 Å². The molecule has 0 bridgehead atoms. The minimum absolute atomic E-state index is 0.165. The van der Waals surface area contributed by atoms with Gasteiger partial charge in [0.2, 0.25) is 5.72 Å². The van der Waals surface area contributed by atoms with Crippen LogP contribution in [0.25, 0.3) is 16.9 Å². The smallest absolute Gasteiger partial charge is 0.363 e. The summed E-state index contributed by atoms with van der Waals surface area (Å²) in [5, 5.41) is 18.9. The van der Waals surface area contributed by atoms with Gasteiger partial charge in [-0.3, -0.25) is 4.79 Å². The summed E-state index contributed by atoms with van der Waals surface area (Å²) in [6.45, 7) is 0.942. The van der Waals surface area contributed by atoms with Crippen molar-refractivity contribution in [2.75, 3.05) is 0 Å². The fourth-order valence-electron chi connectivity index (χ4n) is 3.93. The van der Waals surface area contributed by atoms with Crippen LogP contribution in [0.2, 0.25) is 0 Å². The largest absolute Gasteiger partial charge is 0.437 e. The molecule has 1 aliphatic rings. The molecule has 3 atom stereocenters. The first-order valence-corrected chi connectivity index (χ1v) is 9.70. The summed E-state index contributed by atoms with van der Waals surface area (Å²) in [6.07, 6.45) is -3.83. The third-order valence-electron chi connectivity index (χ3n) is 5.39. The molecule has 1 fully saturated rings. The highest BCUT2D eigenvalue weighted by Gasteiger charge is 2.66. The van der Waals surface area contributed by atoms with Crippen molar-refractivity contribution in [3.63, 3.8) is 0 Å². The van der Waals surface area contributed by atoms with Crippen molar-refractivity contribution in [1.82, 2.24) is 20.4 Å². The zero-order valence-electron chi connectivity index (χ0n) is 16.8. The standard InChI is InChI=1S/C22H19F3N4O3/c1-13(30)17-19(26-20(31)27-21(17,32)22(23,24)25)16-12-29(15-10-6-3-7-11-15)28-18(16)14-8-4-2-5-9-14/h2-12,17,19,32H,1H3,(H2,26,27,31)/t17-,19-,21+/m1/s1. The monoisotopic (exact) mass is 444 g/mol. The molecule has 166 valence electrons. The number of carbonyl (C=O) groups excluding carboxylic acids is 2. The van der Waals surface area contributed by atoms with Crippen LogP contribution >= 0.6 is 0 Å². The predicted octanol–water partition coefficient (Wildman–Crippen LogP) is 3.35. The van der Waals surface area contributed by atoms with Crippen molar-refractivity contribution in [2.24, 2.45) is 5.92 Å². The number of aromatic nitrogens is 2. The Labute approximate surface area is 180 Å². The number of amides is 2. The molecule has 0 saturated carbocycles. The Hall–Kier alpha value is -3.66. The second-order valence-corrected chi connectivity index (χ2v) is 7.51. The van der Waals surface area contributed by atoms with Crippen LogP contribution in [0.15, 0.2) is 66.9 Å². The van der Waals surface area contributed by atoms with Gasteiger partial charge in [0.15, 0.2) is 0 Å². The van der Waals surface area contributed by atoms with Gasteiger partial charge >= 0.3 is 12.2 Å². The molecule has 1 aliphatic heterocycles. The van der Waals surface area contributed by atoms with Gasteiger partial charge < -0.3 is 15.7 Å². The summed E-state index contributed by atoms with van der Waals surface area (Å²) in [5.41, 5.74) is -2.10. The summed E-state index contributed by atoms with van der Waals surface area (Å²) in [5.74, 6) is -3.00. The number of benzene rings is 2. The third-order valence-corrected chi connectivity index (χ3v) is 5.39. The van der Waals surface area contributed by atoms with Crippen molar-refractivity contribution in [2.45, 2.75) is 24.9 Å². The number of halogens is 3. The lowest BCUT2D eigenvalue weighted by atomic mass is 9.79. The van der Waals surface area contributed by atoms with Crippen LogP contribution in [-0.4, -0.2) is 38.6 Å². The maximum Gasteiger partial charge on any atom is 0.437 e. The lowest BCUT2D eigenvalue weighted by Gasteiger charge is -2.44. The second-order valence-electron chi connectivity index (χ2n) is 7.51. The normalized spacial score (nSPS) is 23.3. The number of para-hydroxylation sites is 1. The topological polar surface area (TPSA) is 96.2 Å². The number of rotatable bonds is 4. The predicted molar refractivity (Wildman–Crippen MR) is 109 cm³/mol. The van der Waals surface area contributed by atoms with E-state index in [-0.39, 0.29) is 11.3 Å². The van der Waals surface area contributed by atoms with Gasteiger partial charge in [-0.15, -0.1) is 0 Å². The molecule has 0 unspecified atom stereocenters. The average molecular weight is 444 g/mol. The Morgan fingerprint density at radius 1 is 1.09 bits per heavy atom. The van der Waals surface area contributed by atoms with Crippen molar-refractivity contribution >= 4 is 11.8 Å². The van der Waals surface area contributed by atoms with Gasteiger partial charge in [0.05, 0.1) is 23.3 Å². The van der Waals surface area contributed by atoms with Crippen LogP contribution in [0, 0.1) is 5.92 Å². The molecule has 3 N–H and O–H groups in total. The minimum Gasteiger partial charge on any atom is -0.363 e. The third kappa shape index (κ3) is 3.62. The highest BCUT2D eigenvalue weighted by molar-refractivity contribution is 5.86. The van der Waals surface area contributed by atoms with Crippen molar-refractivity contribution in [3.8, 4) is 16.9 Å². The number of hydrogen-bond acceptors (Lipinski definition) is 4. The molecule has 10 heteroatoms. The van der Waals surface area contributed by atoms with E-state index in [1.165, 1.54) is 16.2 Å².